The van der Waals surface area contributed by atoms with Crippen LogP contribution in [0.4, 0.5) is 0 Å². The molecule has 0 aliphatic heterocycles. The minimum absolute atomic E-state index is 0. The second kappa shape index (κ2) is 5.94. The van der Waals surface area contributed by atoms with E-state index in [1.807, 2.05) is 0 Å². The van der Waals surface area contributed by atoms with Gasteiger partial charge in [-0.3, -0.25) is 0 Å². The van der Waals surface area contributed by atoms with Crippen LogP contribution in [0.25, 0.3) is 0 Å². The normalized spacial score (nSPS) is 11.1. The van der Waals surface area contributed by atoms with Crippen molar-refractivity contribution in [1.82, 2.24) is 0 Å². The maximum absolute atomic E-state index is 9.69. The van der Waals surface area contributed by atoms with Crippen LogP contribution in [0, 0.1) is 0 Å². The van der Waals surface area contributed by atoms with E-state index >= 15 is 0 Å². The molecule has 1 unspecified atom stereocenters. The fraction of sp³-hybridized carbons (Fsp3) is 0. The van der Waals surface area contributed by atoms with E-state index in [-0.39, 0.29) is 29.4 Å². The van der Waals surface area contributed by atoms with Crippen molar-refractivity contribution in [3.05, 3.63) is 0 Å². The monoisotopic (exact) mass is 340 g/mol. The van der Waals surface area contributed by atoms with Crippen molar-refractivity contribution in [2.24, 2.45) is 0 Å². The molecule has 0 aromatic heterocycles. The molecule has 0 heterocycles. The van der Waals surface area contributed by atoms with E-state index in [9.17, 15) is 16.8 Å². The Labute approximate surface area is 84.7 Å². The van der Waals surface area contributed by atoms with Gasteiger partial charge in [0.15, 0.2) is 0 Å². The van der Waals surface area contributed by atoms with E-state index in [2.05, 4.69) is 0 Å². The van der Waals surface area contributed by atoms with E-state index < -0.39 is 29.8 Å². The number of hydrogen-bond donors (Lipinski definition) is 2. The second-order valence-electron chi connectivity index (χ2n) is 0.924. The molecule has 2 N–H and O–H groups in total. The van der Waals surface area contributed by atoms with Gasteiger partial charge in [-0.05, 0) is 0 Å². The molecule has 0 rings (SSSR count). The van der Waals surface area contributed by atoms with Crippen molar-refractivity contribution < 1.29 is 45.4 Å². The SMILES string of the molecule is O=S(=O)(O)[Se]S(=O)(=O)O.P.[Zn]. The molecule has 0 amide bonds. The van der Waals surface area contributed by atoms with Gasteiger partial charge in [-0.1, -0.05) is 0 Å². The molecule has 0 saturated carbocycles. The first kappa shape index (κ1) is 18.2. The molecule has 0 radical (unpaired) electrons. The van der Waals surface area contributed by atoms with Crippen molar-refractivity contribution >= 4 is 39.7 Å². The zero-order valence-corrected chi connectivity index (χ0v) is 12.9. The van der Waals surface area contributed by atoms with Crippen LogP contribution in [-0.2, 0) is 36.6 Å². The largest absolute Gasteiger partial charge is 0.153 e. The van der Waals surface area contributed by atoms with Crippen LogP contribution in [0.15, 0.2) is 0 Å². The van der Waals surface area contributed by atoms with Gasteiger partial charge in [-0.2, -0.15) is 9.90 Å². The third-order valence-corrected chi connectivity index (χ3v) is 8.04. The van der Waals surface area contributed by atoms with Gasteiger partial charge in [0.2, 0.25) is 0 Å². The fourth-order valence-electron chi connectivity index (χ4n) is 0.109. The summed E-state index contributed by atoms with van der Waals surface area (Å²) < 4.78 is 54.4. The van der Waals surface area contributed by atoms with Crippen LogP contribution in [0.5, 0.6) is 0 Å². The van der Waals surface area contributed by atoms with Crippen LogP contribution < -0.4 is 0 Å². The fourth-order valence-corrected chi connectivity index (χ4v) is 5.08. The van der Waals surface area contributed by atoms with E-state index in [1.165, 1.54) is 0 Å². The molecule has 66 valence electrons. The zero-order chi connectivity index (χ0) is 7.71. The van der Waals surface area contributed by atoms with E-state index in [1.54, 1.807) is 0 Å². The van der Waals surface area contributed by atoms with Crippen molar-refractivity contribution in [2.75, 3.05) is 0 Å². The summed E-state index contributed by atoms with van der Waals surface area (Å²) in [6.07, 6.45) is 0. The third kappa shape index (κ3) is 18.4. The number of hydrogen-bond acceptors (Lipinski definition) is 4. The smallest absolute Gasteiger partial charge is 0 e. The van der Waals surface area contributed by atoms with Gasteiger partial charge in [0, 0.05) is 19.5 Å². The Morgan fingerprint density at radius 2 is 1.09 bits per heavy atom. The van der Waals surface area contributed by atoms with Gasteiger partial charge in [-0.15, -0.1) is 0 Å². The average molecular weight is 340 g/mol. The molecule has 0 aromatic rings. The molecule has 0 saturated heterocycles. The van der Waals surface area contributed by atoms with E-state index in [0.29, 0.717) is 0 Å². The molecule has 0 aromatic carbocycles. The molecule has 0 aliphatic rings. The average Bonchev–Trinajstić information content (AvgIpc) is 1.14. The standard InChI is InChI=1S/H2O6S2Se.H3P.Zn/c1-7(2,3)9-8(4,5)6;;/h(H,1,2,3)(H,4,5,6);1H3;. The molecular weight excluding hydrogens is 335 g/mol. The van der Waals surface area contributed by atoms with E-state index in [0.717, 1.165) is 0 Å². The molecule has 0 bridgehead atoms. The Morgan fingerprint density at radius 3 is 1.09 bits per heavy atom. The quantitative estimate of drug-likeness (QED) is 0.354. The van der Waals surface area contributed by atoms with Gasteiger partial charge in [0.1, 0.15) is 0 Å². The molecule has 0 spiro atoms. The van der Waals surface area contributed by atoms with Crippen LogP contribution in [-0.4, -0.2) is 38.7 Å². The van der Waals surface area contributed by atoms with Crippen molar-refractivity contribution in [3.8, 4) is 0 Å². The summed E-state index contributed by atoms with van der Waals surface area (Å²) in [6.45, 7) is 0. The predicted octanol–water partition coefficient (Wildman–Crippen LogP) is -1.65. The first-order chi connectivity index (χ1) is 3.71. The Hall–Kier alpha value is 1.39. The molecule has 1 atom stereocenters. The second-order valence-corrected chi connectivity index (χ2v) is 11.1. The zero-order valence-electron chi connectivity index (χ0n) is 5.17. The summed E-state index contributed by atoms with van der Waals surface area (Å²) in [5.41, 5.74) is 0. The van der Waals surface area contributed by atoms with Crippen molar-refractivity contribution in [2.45, 2.75) is 0 Å². The van der Waals surface area contributed by atoms with Crippen molar-refractivity contribution in [3.63, 3.8) is 0 Å². The summed E-state index contributed by atoms with van der Waals surface area (Å²) in [7, 11) is -9.11. The molecular formula is H5O6PS2SeZn. The van der Waals surface area contributed by atoms with Gasteiger partial charge in [-0.25, -0.2) is 0 Å². The maximum atomic E-state index is 9.69. The molecule has 0 fully saturated rings. The van der Waals surface area contributed by atoms with E-state index in [4.69, 9.17) is 9.11 Å². The van der Waals surface area contributed by atoms with Crippen LogP contribution >= 0.6 is 9.90 Å². The molecule has 0 aliphatic carbocycles. The van der Waals surface area contributed by atoms with Gasteiger partial charge < -0.3 is 0 Å². The van der Waals surface area contributed by atoms with Gasteiger partial charge in [0.05, 0.1) is 0 Å². The van der Waals surface area contributed by atoms with Gasteiger partial charge >= 0.3 is 55.7 Å². The minimum atomic E-state index is -4.56. The molecule has 11 heteroatoms. The first-order valence-corrected chi connectivity index (χ1v) is 8.29. The summed E-state index contributed by atoms with van der Waals surface area (Å²) in [4.78, 5) is 0. The summed E-state index contributed by atoms with van der Waals surface area (Å²) in [5.74, 6) is 0. The number of rotatable bonds is 2. The third-order valence-electron chi connectivity index (χ3n) is 0.172. The summed E-state index contributed by atoms with van der Waals surface area (Å²) >= 11 is -2.19. The van der Waals surface area contributed by atoms with Crippen LogP contribution in [0.1, 0.15) is 0 Å². The van der Waals surface area contributed by atoms with Crippen LogP contribution in [0.2, 0.25) is 0 Å². The summed E-state index contributed by atoms with van der Waals surface area (Å²) in [5, 5.41) is 0. The Bertz CT molecular complexity index is 246. The topological polar surface area (TPSA) is 109 Å². The predicted molar refractivity (Wildman–Crippen MR) is 40.0 cm³/mol. The molecule has 6 nitrogen and oxygen atoms in total. The Kier molecular flexibility index (Phi) is 9.85. The Balaban J connectivity index is -0.000000320. The van der Waals surface area contributed by atoms with Gasteiger partial charge in [0.25, 0.3) is 0 Å². The maximum Gasteiger partial charge on any atom is 0 e. The Morgan fingerprint density at radius 1 is 0.909 bits per heavy atom. The molecule has 11 heavy (non-hydrogen) atoms. The first-order valence-electron chi connectivity index (χ1n) is 1.37. The summed E-state index contributed by atoms with van der Waals surface area (Å²) in [6, 6.07) is 0. The minimum Gasteiger partial charge on any atom is -0.153 e. The van der Waals surface area contributed by atoms with Crippen molar-refractivity contribution in [1.29, 1.82) is 0 Å². The van der Waals surface area contributed by atoms with Crippen LogP contribution in [0.3, 0.4) is 0 Å².